The molecule has 0 aliphatic heterocycles. The number of methoxy groups -OCH3 is 1. The Hall–Kier alpha value is -1.27. The van der Waals surface area contributed by atoms with Crippen molar-refractivity contribution in [2.24, 2.45) is 40.9 Å². The molecule has 4 aliphatic rings. The normalized spacial score (nSPS) is 47.9. The summed E-state index contributed by atoms with van der Waals surface area (Å²) in [4.78, 5) is 13.2. The van der Waals surface area contributed by atoms with Crippen LogP contribution in [0.15, 0.2) is 12.4 Å². The molecule has 5 rings (SSSR count). The second kappa shape index (κ2) is 7.40. The number of ether oxygens (including phenoxy) is 1. The summed E-state index contributed by atoms with van der Waals surface area (Å²) in [5, 5.41) is 18.6. The minimum Gasteiger partial charge on any atom is -0.390 e. The van der Waals surface area contributed by atoms with E-state index in [0.717, 1.165) is 50.9 Å². The van der Waals surface area contributed by atoms with Gasteiger partial charge >= 0.3 is 0 Å². The van der Waals surface area contributed by atoms with E-state index in [-0.39, 0.29) is 17.4 Å². The van der Waals surface area contributed by atoms with E-state index in [1.54, 1.807) is 17.1 Å². The number of rotatable bonds is 4. The molecule has 1 N–H and O–H groups in total. The van der Waals surface area contributed by atoms with Gasteiger partial charge < -0.3 is 9.84 Å². The summed E-state index contributed by atoms with van der Waals surface area (Å²) in [5.41, 5.74) is -0.440. The zero-order valence-corrected chi connectivity index (χ0v) is 18.7. The van der Waals surface area contributed by atoms with E-state index in [2.05, 4.69) is 17.2 Å². The van der Waals surface area contributed by atoms with Crippen molar-refractivity contribution in [3.63, 3.8) is 0 Å². The van der Waals surface area contributed by atoms with E-state index in [4.69, 9.17) is 4.74 Å². The largest absolute Gasteiger partial charge is 0.390 e. The van der Waals surface area contributed by atoms with Gasteiger partial charge in [0.1, 0.15) is 6.54 Å². The summed E-state index contributed by atoms with van der Waals surface area (Å²) in [5.74, 6) is 3.62. The van der Waals surface area contributed by atoms with Crippen molar-refractivity contribution in [2.45, 2.75) is 83.5 Å². The predicted molar refractivity (Wildman–Crippen MR) is 112 cm³/mol. The molecule has 1 heterocycles. The number of carbonyl (C=O) groups is 1. The first-order valence-corrected chi connectivity index (χ1v) is 11.9. The Kier molecular flexibility index (Phi) is 5.09. The van der Waals surface area contributed by atoms with Gasteiger partial charge in [-0.15, -0.1) is 5.10 Å². The molecule has 4 aliphatic carbocycles. The third-order valence-corrected chi connectivity index (χ3v) is 9.75. The zero-order valence-electron chi connectivity index (χ0n) is 18.7. The van der Waals surface area contributed by atoms with E-state index in [9.17, 15) is 9.90 Å². The van der Waals surface area contributed by atoms with Gasteiger partial charge in [0.25, 0.3) is 0 Å². The number of hydrogen-bond donors (Lipinski definition) is 1. The summed E-state index contributed by atoms with van der Waals surface area (Å²) < 4.78 is 7.70. The number of fused-ring (bicyclic) bond motifs is 5. The standard InChI is InChI=1S/C24H37N3O3/c1-23(29)8-6-16-15-7-9-24(2)19(17(15)12-22(30-3)18(16)13-23)4-5-20(24)21(28)14-27-11-10-25-26-27/h10-11,15-20,22,29H,4-9,12-14H2,1-3H3/t15-,16-,17-,18+,19+,20?,22-,23-,24+/m1/s1. The number of Topliss-reactive ketones (excluding diaryl/α,β-unsaturated/α-hetero) is 1. The summed E-state index contributed by atoms with van der Waals surface area (Å²) in [6.07, 6.45) is 12.2. The minimum atomic E-state index is -0.541. The summed E-state index contributed by atoms with van der Waals surface area (Å²) in [6, 6.07) is 0. The van der Waals surface area contributed by atoms with Crippen molar-refractivity contribution < 1.29 is 14.6 Å². The Bertz CT molecular complexity index is 779. The van der Waals surface area contributed by atoms with Crippen LogP contribution < -0.4 is 0 Å². The second-order valence-corrected chi connectivity index (χ2v) is 11.3. The molecule has 0 bridgehead atoms. The van der Waals surface area contributed by atoms with Crippen molar-refractivity contribution in [3.05, 3.63) is 12.4 Å². The summed E-state index contributed by atoms with van der Waals surface area (Å²) >= 11 is 0. The lowest BCUT2D eigenvalue weighted by Gasteiger charge is -2.58. The van der Waals surface area contributed by atoms with Gasteiger partial charge in [-0.2, -0.15) is 0 Å². The van der Waals surface area contributed by atoms with Gasteiger partial charge in [-0.05, 0) is 93.3 Å². The average molecular weight is 416 g/mol. The summed E-state index contributed by atoms with van der Waals surface area (Å²) in [7, 11) is 1.85. The highest BCUT2D eigenvalue weighted by Gasteiger charge is 2.60. The van der Waals surface area contributed by atoms with Crippen LogP contribution in [0.2, 0.25) is 0 Å². The van der Waals surface area contributed by atoms with Gasteiger partial charge in [-0.3, -0.25) is 4.79 Å². The van der Waals surface area contributed by atoms with Crippen LogP contribution in [0.5, 0.6) is 0 Å². The molecule has 4 fully saturated rings. The molecule has 1 aromatic heterocycles. The molecule has 4 saturated carbocycles. The molecule has 0 amide bonds. The van der Waals surface area contributed by atoms with Gasteiger partial charge in [0.05, 0.1) is 17.9 Å². The van der Waals surface area contributed by atoms with Crippen LogP contribution in [-0.4, -0.2) is 44.7 Å². The van der Waals surface area contributed by atoms with Crippen LogP contribution in [-0.2, 0) is 16.1 Å². The van der Waals surface area contributed by atoms with Gasteiger partial charge in [0.15, 0.2) is 5.78 Å². The van der Waals surface area contributed by atoms with Crippen LogP contribution in [0.3, 0.4) is 0 Å². The Morgan fingerprint density at radius 2 is 1.90 bits per heavy atom. The highest BCUT2D eigenvalue weighted by molar-refractivity contribution is 5.82. The molecule has 6 heteroatoms. The molecule has 0 spiro atoms. The Morgan fingerprint density at radius 3 is 2.63 bits per heavy atom. The maximum absolute atomic E-state index is 13.2. The third-order valence-electron chi connectivity index (χ3n) is 9.75. The van der Waals surface area contributed by atoms with Crippen LogP contribution in [0, 0.1) is 40.9 Å². The molecule has 6 nitrogen and oxygen atoms in total. The van der Waals surface area contributed by atoms with E-state index in [1.807, 2.05) is 14.0 Å². The molecule has 9 atom stereocenters. The quantitative estimate of drug-likeness (QED) is 0.814. The van der Waals surface area contributed by atoms with E-state index >= 15 is 0 Å². The highest BCUT2D eigenvalue weighted by Crippen LogP contribution is 2.65. The van der Waals surface area contributed by atoms with Crippen molar-refractivity contribution >= 4 is 5.78 Å². The highest BCUT2D eigenvalue weighted by atomic mass is 16.5. The number of ketones is 1. The maximum Gasteiger partial charge on any atom is 0.157 e. The molecular formula is C24H37N3O3. The number of aliphatic hydroxyl groups is 1. The monoisotopic (exact) mass is 415 g/mol. The molecular weight excluding hydrogens is 378 g/mol. The third kappa shape index (κ3) is 3.26. The fourth-order valence-corrected chi connectivity index (χ4v) is 8.41. The molecule has 0 saturated heterocycles. The van der Waals surface area contributed by atoms with Crippen molar-refractivity contribution in [2.75, 3.05) is 7.11 Å². The van der Waals surface area contributed by atoms with Gasteiger partial charge in [0.2, 0.25) is 0 Å². The second-order valence-electron chi connectivity index (χ2n) is 11.3. The first kappa shape index (κ1) is 20.6. The number of hydrogen-bond acceptors (Lipinski definition) is 5. The molecule has 30 heavy (non-hydrogen) atoms. The topological polar surface area (TPSA) is 77.2 Å². The van der Waals surface area contributed by atoms with Crippen molar-refractivity contribution in [1.29, 1.82) is 0 Å². The molecule has 1 unspecified atom stereocenters. The first-order chi connectivity index (χ1) is 14.3. The fourth-order valence-electron chi connectivity index (χ4n) is 8.41. The van der Waals surface area contributed by atoms with Crippen molar-refractivity contribution in [3.8, 4) is 0 Å². The van der Waals surface area contributed by atoms with Crippen molar-refractivity contribution in [1.82, 2.24) is 15.0 Å². The van der Waals surface area contributed by atoms with Crippen LogP contribution in [0.4, 0.5) is 0 Å². The zero-order chi connectivity index (χ0) is 21.1. The van der Waals surface area contributed by atoms with Gasteiger partial charge in [-0.25, -0.2) is 4.68 Å². The summed E-state index contributed by atoms with van der Waals surface area (Å²) in [6.45, 7) is 4.74. The lowest BCUT2D eigenvalue weighted by Crippen LogP contribution is -2.55. The average Bonchev–Trinajstić information content (AvgIpc) is 3.33. The minimum absolute atomic E-state index is 0.101. The Labute approximate surface area is 179 Å². The van der Waals surface area contributed by atoms with E-state index in [1.165, 1.54) is 6.42 Å². The Balaban J connectivity index is 1.36. The smallest absolute Gasteiger partial charge is 0.157 e. The fraction of sp³-hybridized carbons (Fsp3) is 0.875. The number of nitrogens with zero attached hydrogens (tertiary/aromatic N) is 3. The van der Waals surface area contributed by atoms with Gasteiger partial charge in [0, 0.05) is 19.2 Å². The lowest BCUT2D eigenvalue weighted by atomic mass is 9.48. The molecule has 0 radical (unpaired) electrons. The van der Waals surface area contributed by atoms with Crippen LogP contribution in [0.1, 0.15) is 65.2 Å². The number of carbonyl (C=O) groups excluding carboxylic acids is 1. The van der Waals surface area contributed by atoms with E-state index in [0.29, 0.717) is 36.0 Å². The Morgan fingerprint density at radius 1 is 1.13 bits per heavy atom. The number of aromatic nitrogens is 3. The van der Waals surface area contributed by atoms with Gasteiger partial charge in [-0.1, -0.05) is 12.1 Å². The lowest BCUT2D eigenvalue weighted by molar-refractivity contribution is -0.155. The van der Waals surface area contributed by atoms with E-state index < -0.39 is 5.60 Å². The molecule has 1 aromatic rings. The predicted octanol–water partition coefficient (Wildman–Crippen LogP) is 3.49. The molecule has 0 aromatic carbocycles. The first-order valence-electron chi connectivity index (χ1n) is 11.9. The molecule has 166 valence electrons. The SMILES string of the molecule is CO[C@@H]1C[C@@H]2[C@H](CC[C@]3(C)C(C(=O)Cn4ccnn4)CC[C@@H]23)[C@H]2CC[C@@](C)(O)C[C@@H]21. The van der Waals surface area contributed by atoms with Crippen LogP contribution in [0.25, 0.3) is 0 Å². The van der Waals surface area contributed by atoms with Crippen LogP contribution >= 0.6 is 0 Å². The maximum atomic E-state index is 13.2.